The van der Waals surface area contributed by atoms with Gasteiger partial charge in [-0.25, -0.2) is 4.79 Å². The van der Waals surface area contributed by atoms with Crippen LogP contribution in [0.25, 0.3) is 15.9 Å². The molecular formula is C20H15N3O3S. The van der Waals surface area contributed by atoms with Gasteiger partial charge >= 0.3 is 5.97 Å². The van der Waals surface area contributed by atoms with Gasteiger partial charge in [-0.1, -0.05) is 24.3 Å². The van der Waals surface area contributed by atoms with E-state index in [0.29, 0.717) is 28.1 Å². The average Bonchev–Trinajstić information content (AvgIpc) is 3.06. The molecule has 4 aromatic rings. The first-order chi connectivity index (χ1) is 13.1. The van der Waals surface area contributed by atoms with Gasteiger partial charge in [0.2, 0.25) is 0 Å². The molecule has 134 valence electrons. The molecule has 27 heavy (non-hydrogen) atoms. The van der Waals surface area contributed by atoms with E-state index in [9.17, 15) is 14.7 Å². The molecule has 0 fully saturated rings. The maximum atomic E-state index is 12.5. The zero-order chi connectivity index (χ0) is 18.8. The van der Waals surface area contributed by atoms with Crippen LogP contribution in [0.15, 0.2) is 71.7 Å². The molecule has 0 radical (unpaired) electrons. The van der Waals surface area contributed by atoms with Crippen LogP contribution in [0.3, 0.4) is 0 Å². The number of hydrogen-bond donors (Lipinski definition) is 2. The summed E-state index contributed by atoms with van der Waals surface area (Å²) < 4.78 is 1.54. The third-order valence-electron chi connectivity index (χ3n) is 4.12. The SMILES string of the molecule is O=C(O)c1sc2c(ccc(=O)n2-c2ccccc2)c1NCc1ccccn1. The number of nitrogens with one attached hydrogen (secondary N) is 1. The number of pyridine rings is 2. The highest BCUT2D eigenvalue weighted by Gasteiger charge is 2.21. The van der Waals surface area contributed by atoms with E-state index >= 15 is 0 Å². The van der Waals surface area contributed by atoms with E-state index in [1.807, 2.05) is 48.5 Å². The van der Waals surface area contributed by atoms with Crippen LogP contribution in [0.2, 0.25) is 0 Å². The number of rotatable bonds is 5. The Morgan fingerprint density at radius 3 is 2.56 bits per heavy atom. The number of fused-ring (bicyclic) bond motifs is 1. The Morgan fingerprint density at radius 2 is 1.85 bits per heavy atom. The molecule has 0 aliphatic heterocycles. The van der Waals surface area contributed by atoms with Crippen LogP contribution >= 0.6 is 11.3 Å². The minimum atomic E-state index is -1.04. The number of para-hydroxylation sites is 1. The lowest BCUT2D eigenvalue weighted by Crippen LogP contribution is -2.16. The number of benzene rings is 1. The molecule has 0 spiro atoms. The first-order valence-corrected chi connectivity index (χ1v) is 9.08. The molecule has 0 amide bonds. The van der Waals surface area contributed by atoms with Crippen LogP contribution in [0, 0.1) is 0 Å². The summed E-state index contributed by atoms with van der Waals surface area (Å²) in [5, 5.41) is 13.5. The van der Waals surface area contributed by atoms with Crippen molar-refractivity contribution in [1.29, 1.82) is 0 Å². The van der Waals surface area contributed by atoms with Crippen molar-refractivity contribution in [2.45, 2.75) is 6.54 Å². The summed E-state index contributed by atoms with van der Waals surface area (Å²) in [6.45, 7) is 0.386. The van der Waals surface area contributed by atoms with E-state index < -0.39 is 5.97 Å². The smallest absolute Gasteiger partial charge is 0.348 e. The van der Waals surface area contributed by atoms with Crippen molar-refractivity contribution in [3.05, 3.63) is 87.8 Å². The lowest BCUT2D eigenvalue weighted by atomic mass is 10.2. The number of anilines is 1. The first kappa shape index (κ1) is 17.0. The van der Waals surface area contributed by atoms with Crippen molar-refractivity contribution in [2.75, 3.05) is 5.32 Å². The summed E-state index contributed by atoms with van der Waals surface area (Å²) in [5.41, 5.74) is 1.79. The number of aromatic carboxylic acids is 1. The number of carbonyl (C=O) groups is 1. The van der Waals surface area contributed by atoms with Crippen molar-refractivity contribution < 1.29 is 9.90 Å². The third-order valence-corrected chi connectivity index (χ3v) is 5.30. The molecule has 0 aliphatic rings. The Morgan fingerprint density at radius 1 is 1.07 bits per heavy atom. The monoisotopic (exact) mass is 377 g/mol. The molecule has 6 nitrogen and oxygen atoms in total. The Labute approximate surface area is 158 Å². The lowest BCUT2D eigenvalue weighted by Gasteiger charge is -2.08. The van der Waals surface area contributed by atoms with Gasteiger partial charge in [-0.15, -0.1) is 11.3 Å². The first-order valence-electron chi connectivity index (χ1n) is 8.26. The van der Waals surface area contributed by atoms with E-state index in [1.165, 1.54) is 6.07 Å². The van der Waals surface area contributed by atoms with Crippen LogP contribution in [0.1, 0.15) is 15.4 Å². The fourth-order valence-electron chi connectivity index (χ4n) is 2.91. The molecule has 3 heterocycles. The predicted octanol–water partition coefficient (Wildman–Crippen LogP) is 3.76. The zero-order valence-electron chi connectivity index (χ0n) is 14.1. The van der Waals surface area contributed by atoms with Gasteiger partial charge in [-0.3, -0.25) is 14.3 Å². The minimum Gasteiger partial charge on any atom is -0.477 e. The van der Waals surface area contributed by atoms with Crippen molar-refractivity contribution in [1.82, 2.24) is 9.55 Å². The molecule has 7 heteroatoms. The minimum absolute atomic E-state index is 0.163. The van der Waals surface area contributed by atoms with Crippen LogP contribution in [0.4, 0.5) is 5.69 Å². The third kappa shape index (κ3) is 3.20. The van der Waals surface area contributed by atoms with E-state index in [1.54, 1.807) is 16.8 Å². The molecule has 0 unspecified atom stereocenters. The molecular weight excluding hydrogens is 362 g/mol. The van der Waals surface area contributed by atoms with Gasteiger partial charge in [0, 0.05) is 17.6 Å². The highest BCUT2D eigenvalue weighted by atomic mass is 32.1. The predicted molar refractivity (Wildman–Crippen MR) is 106 cm³/mol. The van der Waals surface area contributed by atoms with E-state index in [0.717, 1.165) is 17.0 Å². The standard InChI is InChI=1S/C20H15N3O3S/c24-16-10-9-15-17(22-12-13-6-4-5-11-21-13)18(20(25)26)27-19(15)23(16)14-7-2-1-3-8-14/h1-11,22H,12H2,(H,25,26). The second-order valence-electron chi connectivity index (χ2n) is 5.85. The number of aromatic nitrogens is 2. The lowest BCUT2D eigenvalue weighted by molar-refractivity contribution is 0.0703. The summed E-state index contributed by atoms with van der Waals surface area (Å²) >= 11 is 1.08. The molecule has 3 aromatic heterocycles. The van der Waals surface area contributed by atoms with Gasteiger partial charge in [0.15, 0.2) is 0 Å². The second kappa shape index (κ2) is 7.05. The van der Waals surface area contributed by atoms with Gasteiger partial charge < -0.3 is 10.4 Å². The molecule has 0 bridgehead atoms. The normalized spacial score (nSPS) is 10.8. The number of thiophene rings is 1. The number of nitrogens with zero attached hydrogens (tertiary/aromatic N) is 2. The van der Waals surface area contributed by atoms with Crippen LogP contribution in [-0.4, -0.2) is 20.6 Å². The average molecular weight is 377 g/mol. The van der Waals surface area contributed by atoms with E-state index in [-0.39, 0.29) is 10.4 Å². The van der Waals surface area contributed by atoms with Crippen LogP contribution < -0.4 is 10.9 Å². The second-order valence-corrected chi connectivity index (χ2v) is 6.85. The van der Waals surface area contributed by atoms with E-state index in [2.05, 4.69) is 10.3 Å². The van der Waals surface area contributed by atoms with Crippen molar-refractivity contribution in [2.24, 2.45) is 0 Å². The maximum Gasteiger partial charge on any atom is 0.348 e. The fraction of sp³-hybridized carbons (Fsp3) is 0.0500. The molecule has 0 saturated carbocycles. The number of hydrogen-bond acceptors (Lipinski definition) is 5. The molecule has 1 aromatic carbocycles. The van der Waals surface area contributed by atoms with Crippen molar-refractivity contribution >= 4 is 33.2 Å². The van der Waals surface area contributed by atoms with Gasteiger partial charge in [0.25, 0.3) is 5.56 Å². The summed E-state index contributed by atoms with van der Waals surface area (Å²) in [6.07, 6.45) is 1.69. The van der Waals surface area contributed by atoms with Gasteiger partial charge in [0.05, 0.1) is 23.6 Å². The quantitative estimate of drug-likeness (QED) is 0.553. The molecule has 4 rings (SSSR count). The Hall–Kier alpha value is -3.45. The Balaban J connectivity index is 1.87. The number of carboxylic acids is 1. The van der Waals surface area contributed by atoms with E-state index in [4.69, 9.17) is 0 Å². The van der Waals surface area contributed by atoms with Gasteiger partial charge in [-0.2, -0.15) is 0 Å². The fourth-order valence-corrected chi connectivity index (χ4v) is 4.04. The molecule has 2 N–H and O–H groups in total. The maximum absolute atomic E-state index is 12.5. The number of carboxylic acid groups (broad SMARTS) is 1. The molecule has 0 atom stereocenters. The summed E-state index contributed by atoms with van der Waals surface area (Å²) in [4.78, 5) is 29.3. The molecule has 0 aliphatic carbocycles. The zero-order valence-corrected chi connectivity index (χ0v) is 14.9. The van der Waals surface area contributed by atoms with Crippen molar-refractivity contribution in [3.63, 3.8) is 0 Å². The summed E-state index contributed by atoms with van der Waals surface area (Å²) in [5.74, 6) is -1.04. The van der Waals surface area contributed by atoms with Crippen molar-refractivity contribution in [3.8, 4) is 5.69 Å². The Kier molecular flexibility index (Phi) is 4.43. The largest absolute Gasteiger partial charge is 0.477 e. The van der Waals surface area contributed by atoms with Crippen LogP contribution in [-0.2, 0) is 6.54 Å². The van der Waals surface area contributed by atoms with Gasteiger partial charge in [-0.05, 0) is 30.3 Å². The molecule has 0 saturated heterocycles. The van der Waals surface area contributed by atoms with Gasteiger partial charge in [0.1, 0.15) is 9.71 Å². The Bertz CT molecular complexity index is 1170. The summed E-state index contributed by atoms with van der Waals surface area (Å²) in [7, 11) is 0. The highest BCUT2D eigenvalue weighted by Crippen LogP contribution is 2.36. The highest BCUT2D eigenvalue weighted by molar-refractivity contribution is 7.21. The van der Waals surface area contributed by atoms with Crippen LogP contribution in [0.5, 0.6) is 0 Å². The summed E-state index contributed by atoms with van der Waals surface area (Å²) in [6, 6.07) is 17.9. The topological polar surface area (TPSA) is 84.2 Å².